The minimum atomic E-state index is -0.615. The van der Waals surface area contributed by atoms with Gasteiger partial charge in [-0.05, 0) is 25.0 Å². The van der Waals surface area contributed by atoms with Gasteiger partial charge in [-0.3, -0.25) is 18.7 Å². The molecular weight excluding hydrogens is 418 g/mol. The molecule has 0 saturated heterocycles. The number of anilines is 1. The summed E-state index contributed by atoms with van der Waals surface area (Å²) in [4.78, 5) is 38.2. The largest absolute Gasteiger partial charge is 0.338 e. The van der Waals surface area contributed by atoms with E-state index in [0.29, 0.717) is 35.9 Å². The van der Waals surface area contributed by atoms with Gasteiger partial charge in [-0.15, -0.1) is 0 Å². The molecule has 3 heterocycles. The third-order valence-corrected chi connectivity index (χ3v) is 5.69. The number of nitrogens with one attached hydrogen (secondary N) is 1. The molecule has 160 valence electrons. The Balaban J connectivity index is 1.76. The van der Waals surface area contributed by atoms with Crippen molar-refractivity contribution in [2.45, 2.75) is 33.4 Å². The van der Waals surface area contributed by atoms with E-state index in [9.17, 15) is 14.4 Å². The average Bonchev–Trinajstić information content (AvgIpc) is 3.21. The number of allylic oxidation sites excluding steroid dienone is 1. The number of carbonyl (C=O) groups excluding carboxylic acids is 1. The molecule has 3 aromatic rings. The number of hydrogen-bond acceptors (Lipinski definition) is 5. The molecule has 8 nitrogen and oxygen atoms in total. The van der Waals surface area contributed by atoms with Gasteiger partial charge < -0.3 is 5.32 Å². The number of hydrogen-bond donors (Lipinski definition) is 1. The fourth-order valence-electron chi connectivity index (χ4n) is 3.69. The molecule has 0 bridgehead atoms. The molecule has 0 spiro atoms. The standard InChI is InChI=1S/C22H22ClN5O3/c1-4-10-27-20-17(21(30)26(3)22(27)31)18(29)16(24-20)11-15-13(2)25-28(19(15)23)12-14-8-6-5-7-9-14/h5-9,11,24H,4,10,12H2,1-3H3. The second kappa shape index (κ2) is 8.03. The Morgan fingerprint density at radius 3 is 2.55 bits per heavy atom. The van der Waals surface area contributed by atoms with Gasteiger partial charge in [-0.25, -0.2) is 9.48 Å². The van der Waals surface area contributed by atoms with Gasteiger partial charge in [0.05, 0.1) is 17.9 Å². The van der Waals surface area contributed by atoms with E-state index in [4.69, 9.17) is 11.6 Å². The molecule has 0 amide bonds. The number of rotatable bonds is 5. The summed E-state index contributed by atoms with van der Waals surface area (Å²) in [5.41, 5.74) is 1.35. The zero-order chi connectivity index (χ0) is 22.3. The molecule has 9 heteroatoms. The lowest BCUT2D eigenvalue weighted by molar-refractivity contribution is 0.104. The molecule has 1 aliphatic heterocycles. The number of Topliss-reactive ketones (excluding diaryl/α,β-unsaturated/α-hetero) is 1. The van der Waals surface area contributed by atoms with Crippen molar-refractivity contribution in [1.29, 1.82) is 0 Å². The quantitative estimate of drug-likeness (QED) is 0.617. The van der Waals surface area contributed by atoms with Crippen LogP contribution >= 0.6 is 11.6 Å². The van der Waals surface area contributed by atoms with E-state index in [1.807, 2.05) is 37.3 Å². The van der Waals surface area contributed by atoms with Crippen LogP contribution < -0.4 is 16.6 Å². The maximum atomic E-state index is 13.0. The highest BCUT2D eigenvalue weighted by atomic mass is 35.5. The van der Waals surface area contributed by atoms with Crippen LogP contribution in [0.2, 0.25) is 5.15 Å². The normalized spacial score (nSPS) is 14.2. The van der Waals surface area contributed by atoms with Crippen molar-refractivity contribution >= 4 is 29.3 Å². The van der Waals surface area contributed by atoms with E-state index < -0.39 is 17.0 Å². The SMILES string of the molecule is CCCn1c2c(c(=O)n(C)c1=O)C(=O)C(=Cc1c(C)nn(Cc3ccccc3)c1Cl)N2. The Bertz CT molecular complexity index is 1330. The van der Waals surface area contributed by atoms with Gasteiger partial charge in [0.2, 0.25) is 5.78 Å². The highest BCUT2D eigenvalue weighted by molar-refractivity contribution is 6.31. The number of carbonyl (C=O) groups is 1. The van der Waals surface area contributed by atoms with Crippen LogP contribution in [0, 0.1) is 6.92 Å². The van der Waals surface area contributed by atoms with Gasteiger partial charge in [-0.2, -0.15) is 5.10 Å². The van der Waals surface area contributed by atoms with Crippen LogP contribution in [0.15, 0.2) is 45.6 Å². The second-order valence-corrected chi connectivity index (χ2v) is 7.83. The van der Waals surface area contributed by atoms with Crippen molar-refractivity contribution in [2.24, 2.45) is 7.05 Å². The number of aryl methyl sites for hydroxylation is 1. The number of nitrogens with zero attached hydrogens (tertiary/aromatic N) is 4. The Hall–Kier alpha value is -3.39. The third-order valence-electron chi connectivity index (χ3n) is 5.29. The van der Waals surface area contributed by atoms with Gasteiger partial charge in [0.1, 0.15) is 16.5 Å². The number of benzene rings is 1. The molecule has 1 aromatic carbocycles. The first-order valence-corrected chi connectivity index (χ1v) is 10.3. The van der Waals surface area contributed by atoms with Gasteiger partial charge in [-0.1, -0.05) is 48.9 Å². The first-order chi connectivity index (χ1) is 14.8. The summed E-state index contributed by atoms with van der Waals surface area (Å²) in [7, 11) is 1.38. The van der Waals surface area contributed by atoms with Crippen LogP contribution in [-0.4, -0.2) is 24.7 Å². The predicted molar refractivity (Wildman–Crippen MR) is 120 cm³/mol. The molecule has 2 aromatic heterocycles. The summed E-state index contributed by atoms with van der Waals surface area (Å²) < 4.78 is 4.05. The Kier molecular flexibility index (Phi) is 5.41. The fraction of sp³-hybridized carbons (Fsp3) is 0.273. The topological polar surface area (TPSA) is 90.9 Å². The summed E-state index contributed by atoms with van der Waals surface area (Å²) >= 11 is 6.58. The van der Waals surface area contributed by atoms with Crippen molar-refractivity contribution in [3.63, 3.8) is 0 Å². The van der Waals surface area contributed by atoms with Gasteiger partial charge in [0.25, 0.3) is 5.56 Å². The molecule has 4 rings (SSSR count). The van der Waals surface area contributed by atoms with E-state index in [1.165, 1.54) is 11.6 Å². The average molecular weight is 440 g/mol. The van der Waals surface area contributed by atoms with Crippen LogP contribution in [0.25, 0.3) is 6.08 Å². The van der Waals surface area contributed by atoms with E-state index in [1.54, 1.807) is 17.7 Å². The van der Waals surface area contributed by atoms with E-state index >= 15 is 0 Å². The highest BCUT2D eigenvalue weighted by Gasteiger charge is 2.33. The first-order valence-electron chi connectivity index (χ1n) is 9.97. The molecule has 0 radical (unpaired) electrons. The van der Waals surface area contributed by atoms with Crippen molar-refractivity contribution in [2.75, 3.05) is 5.32 Å². The zero-order valence-corrected chi connectivity index (χ0v) is 18.2. The van der Waals surface area contributed by atoms with Crippen molar-refractivity contribution < 1.29 is 4.79 Å². The molecule has 0 fully saturated rings. The van der Waals surface area contributed by atoms with Gasteiger partial charge in [0.15, 0.2) is 0 Å². The molecule has 1 N–H and O–H groups in total. The minimum Gasteiger partial charge on any atom is -0.338 e. The smallest absolute Gasteiger partial charge is 0.332 e. The molecule has 0 atom stereocenters. The van der Waals surface area contributed by atoms with Gasteiger partial charge in [0, 0.05) is 19.2 Å². The molecule has 31 heavy (non-hydrogen) atoms. The lowest BCUT2D eigenvalue weighted by atomic mass is 10.1. The van der Waals surface area contributed by atoms with Crippen LogP contribution in [0.1, 0.15) is 40.5 Å². The molecular formula is C22H22ClN5O3. The molecule has 1 aliphatic rings. The Morgan fingerprint density at radius 1 is 1.16 bits per heavy atom. The lowest BCUT2D eigenvalue weighted by Gasteiger charge is -2.11. The van der Waals surface area contributed by atoms with E-state index in [-0.39, 0.29) is 17.1 Å². The van der Waals surface area contributed by atoms with Crippen LogP contribution in [-0.2, 0) is 20.1 Å². The molecule has 0 saturated carbocycles. The number of fused-ring (bicyclic) bond motifs is 1. The maximum Gasteiger partial charge on any atom is 0.332 e. The molecule has 0 aliphatic carbocycles. The first kappa shape index (κ1) is 20.9. The van der Waals surface area contributed by atoms with E-state index in [2.05, 4.69) is 10.4 Å². The van der Waals surface area contributed by atoms with E-state index in [0.717, 1.165) is 10.1 Å². The number of halogens is 1. The lowest BCUT2D eigenvalue weighted by Crippen LogP contribution is -2.40. The monoisotopic (exact) mass is 439 g/mol. The van der Waals surface area contributed by atoms with Gasteiger partial charge >= 0.3 is 5.69 Å². The Morgan fingerprint density at radius 2 is 1.87 bits per heavy atom. The summed E-state index contributed by atoms with van der Waals surface area (Å²) in [5.74, 6) is -0.233. The third kappa shape index (κ3) is 3.53. The van der Waals surface area contributed by atoms with Crippen molar-refractivity contribution in [3.05, 3.63) is 84.4 Å². The van der Waals surface area contributed by atoms with Crippen LogP contribution in [0.3, 0.4) is 0 Å². The fourth-order valence-corrected chi connectivity index (χ4v) is 3.98. The predicted octanol–water partition coefficient (Wildman–Crippen LogP) is 2.81. The molecule has 0 unspecified atom stereocenters. The zero-order valence-electron chi connectivity index (χ0n) is 17.5. The number of aromatic nitrogens is 4. The highest BCUT2D eigenvalue weighted by Crippen LogP contribution is 2.29. The summed E-state index contributed by atoms with van der Waals surface area (Å²) in [5, 5.41) is 7.86. The van der Waals surface area contributed by atoms with Crippen LogP contribution in [0.5, 0.6) is 0 Å². The van der Waals surface area contributed by atoms with Crippen LogP contribution in [0.4, 0.5) is 5.82 Å². The van der Waals surface area contributed by atoms with Crippen molar-refractivity contribution in [1.82, 2.24) is 18.9 Å². The number of ketones is 1. The second-order valence-electron chi connectivity index (χ2n) is 7.47. The summed E-state index contributed by atoms with van der Waals surface area (Å²) in [6, 6.07) is 9.78. The summed E-state index contributed by atoms with van der Waals surface area (Å²) in [6.45, 7) is 4.60. The minimum absolute atomic E-state index is 0.0350. The maximum absolute atomic E-state index is 13.0. The summed E-state index contributed by atoms with van der Waals surface area (Å²) in [6.07, 6.45) is 2.27. The van der Waals surface area contributed by atoms with Crippen molar-refractivity contribution in [3.8, 4) is 0 Å². The Labute approximate surface area is 183 Å².